The molecule has 2 rings (SSSR count). The molecule has 3 N–H and O–H groups in total. The third kappa shape index (κ3) is 2.91. The number of carbonyl (C=O) groups excluding carboxylic acids is 1. The number of nitrogens with one attached hydrogen (secondary N) is 1. The van der Waals surface area contributed by atoms with Crippen LogP contribution in [0.4, 0.5) is 15.9 Å². The summed E-state index contributed by atoms with van der Waals surface area (Å²) in [7, 11) is 0. The van der Waals surface area contributed by atoms with Crippen LogP contribution in [0.2, 0.25) is 5.02 Å². The zero-order valence-corrected chi connectivity index (χ0v) is 12.7. The summed E-state index contributed by atoms with van der Waals surface area (Å²) >= 11 is 9.31. The molecule has 1 aromatic carbocycles. The quantitative estimate of drug-likeness (QED) is 0.858. The molecule has 0 unspecified atom stereocenters. The van der Waals surface area contributed by atoms with E-state index >= 15 is 0 Å². The Kier molecular flexibility index (Phi) is 4.25. The summed E-state index contributed by atoms with van der Waals surface area (Å²) in [6.07, 6.45) is 1.27. The Morgan fingerprint density at radius 1 is 1.50 bits per heavy atom. The van der Waals surface area contributed by atoms with Crippen molar-refractivity contribution in [1.29, 1.82) is 0 Å². The average Bonchev–Trinajstić information content (AvgIpc) is 2.39. The van der Waals surface area contributed by atoms with E-state index < -0.39 is 11.7 Å². The fourth-order valence-electron chi connectivity index (χ4n) is 1.57. The summed E-state index contributed by atoms with van der Waals surface area (Å²) in [6.45, 7) is 1.84. The first-order valence-corrected chi connectivity index (χ1v) is 6.74. The van der Waals surface area contributed by atoms with Crippen molar-refractivity contribution in [3.63, 3.8) is 0 Å². The van der Waals surface area contributed by atoms with Gasteiger partial charge in [0.05, 0.1) is 11.3 Å². The zero-order chi connectivity index (χ0) is 14.9. The molecule has 2 aromatic rings. The Labute approximate surface area is 128 Å². The maximum atomic E-state index is 13.7. The van der Waals surface area contributed by atoms with Gasteiger partial charge in [0, 0.05) is 15.7 Å². The molecule has 0 spiro atoms. The molecule has 20 heavy (non-hydrogen) atoms. The molecular formula is C13H10BrClFN3O. The topological polar surface area (TPSA) is 68.0 Å². The maximum Gasteiger partial charge on any atom is 0.258 e. The minimum atomic E-state index is -0.848. The number of benzene rings is 1. The first-order chi connectivity index (χ1) is 9.40. The minimum absolute atomic E-state index is 0.180. The number of amides is 1. The van der Waals surface area contributed by atoms with E-state index in [2.05, 4.69) is 26.2 Å². The van der Waals surface area contributed by atoms with E-state index in [4.69, 9.17) is 17.3 Å². The van der Waals surface area contributed by atoms with Crippen LogP contribution in [-0.4, -0.2) is 10.9 Å². The van der Waals surface area contributed by atoms with Crippen molar-refractivity contribution < 1.29 is 9.18 Å². The number of pyridine rings is 1. The Morgan fingerprint density at radius 3 is 2.90 bits per heavy atom. The van der Waals surface area contributed by atoms with Crippen molar-refractivity contribution in [3.05, 3.63) is 50.8 Å². The molecule has 4 nitrogen and oxygen atoms in total. The zero-order valence-electron chi connectivity index (χ0n) is 10.4. The van der Waals surface area contributed by atoms with Crippen LogP contribution in [0.1, 0.15) is 15.9 Å². The molecule has 1 aromatic heterocycles. The highest BCUT2D eigenvalue weighted by Crippen LogP contribution is 2.29. The number of rotatable bonds is 2. The molecule has 0 aliphatic heterocycles. The summed E-state index contributed by atoms with van der Waals surface area (Å²) in [4.78, 5) is 15.6. The van der Waals surface area contributed by atoms with E-state index in [-0.39, 0.29) is 11.4 Å². The Morgan fingerprint density at radius 2 is 2.20 bits per heavy atom. The fraction of sp³-hybridized carbons (Fsp3) is 0.0769. The molecule has 0 aliphatic carbocycles. The number of hydrogen-bond acceptors (Lipinski definition) is 3. The summed E-state index contributed by atoms with van der Waals surface area (Å²) in [5.41, 5.74) is 6.45. The lowest BCUT2D eigenvalue weighted by Crippen LogP contribution is -2.15. The standard InChI is InChI=1S/C13H10BrClFN3O/c1-6-4-8(14)10(5-9(6)15)19-13(20)7-2-3-18-12(17)11(7)16/h2-5H,1H3,(H2,17,18)(H,19,20). The Balaban J connectivity index is 2.33. The van der Waals surface area contributed by atoms with E-state index in [1.165, 1.54) is 12.3 Å². The second-order valence-electron chi connectivity index (χ2n) is 4.09. The van der Waals surface area contributed by atoms with Crippen molar-refractivity contribution in [2.24, 2.45) is 0 Å². The van der Waals surface area contributed by atoms with E-state index in [1.807, 2.05) is 6.92 Å². The van der Waals surface area contributed by atoms with Crippen LogP contribution in [0.5, 0.6) is 0 Å². The number of carbonyl (C=O) groups is 1. The molecule has 0 saturated carbocycles. The molecule has 0 atom stereocenters. The minimum Gasteiger partial charge on any atom is -0.381 e. The molecule has 0 fully saturated rings. The second kappa shape index (κ2) is 5.76. The van der Waals surface area contributed by atoms with Gasteiger partial charge >= 0.3 is 0 Å². The van der Waals surface area contributed by atoms with E-state index in [9.17, 15) is 9.18 Å². The van der Waals surface area contributed by atoms with Gasteiger partial charge in [-0.25, -0.2) is 9.37 Å². The number of nitrogens with zero attached hydrogens (tertiary/aromatic N) is 1. The summed E-state index contributed by atoms with van der Waals surface area (Å²) in [6, 6.07) is 4.60. The molecule has 0 saturated heterocycles. The van der Waals surface area contributed by atoms with Gasteiger partial charge < -0.3 is 11.1 Å². The van der Waals surface area contributed by atoms with Crippen molar-refractivity contribution in [2.75, 3.05) is 11.1 Å². The highest BCUT2D eigenvalue weighted by molar-refractivity contribution is 9.10. The fourth-order valence-corrected chi connectivity index (χ4v) is 2.29. The van der Waals surface area contributed by atoms with Gasteiger partial charge in [0.1, 0.15) is 0 Å². The van der Waals surface area contributed by atoms with Crippen molar-refractivity contribution in [3.8, 4) is 0 Å². The van der Waals surface area contributed by atoms with Gasteiger partial charge in [-0.05, 0) is 46.6 Å². The lowest BCUT2D eigenvalue weighted by atomic mass is 10.2. The van der Waals surface area contributed by atoms with Gasteiger partial charge in [-0.3, -0.25) is 4.79 Å². The third-order valence-corrected chi connectivity index (χ3v) is 3.72. The van der Waals surface area contributed by atoms with Crippen molar-refractivity contribution in [1.82, 2.24) is 4.98 Å². The van der Waals surface area contributed by atoms with Crippen LogP contribution in [0.3, 0.4) is 0 Å². The Bertz CT molecular complexity index is 694. The predicted molar refractivity (Wildman–Crippen MR) is 80.4 cm³/mol. The van der Waals surface area contributed by atoms with Gasteiger partial charge in [0.25, 0.3) is 5.91 Å². The number of hydrogen-bond donors (Lipinski definition) is 2. The van der Waals surface area contributed by atoms with Crippen molar-refractivity contribution in [2.45, 2.75) is 6.92 Å². The van der Waals surface area contributed by atoms with Gasteiger partial charge in [-0.1, -0.05) is 11.6 Å². The molecule has 0 bridgehead atoms. The molecule has 104 valence electrons. The smallest absolute Gasteiger partial charge is 0.258 e. The number of nitrogen functional groups attached to an aromatic ring is 1. The average molecular weight is 359 g/mol. The van der Waals surface area contributed by atoms with Crippen LogP contribution < -0.4 is 11.1 Å². The number of anilines is 2. The molecule has 1 heterocycles. The van der Waals surface area contributed by atoms with Crippen LogP contribution in [-0.2, 0) is 0 Å². The molecule has 7 heteroatoms. The van der Waals surface area contributed by atoms with E-state index in [0.717, 1.165) is 5.56 Å². The third-order valence-electron chi connectivity index (χ3n) is 2.66. The van der Waals surface area contributed by atoms with Gasteiger partial charge in [-0.2, -0.15) is 0 Å². The van der Waals surface area contributed by atoms with Crippen LogP contribution >= 0.6 is 27.5 Å². The molecular weight excluding hydrogens is 349 g/mol. The first-order valence-electron chi connectivity index (χ1n) is 5.57. The largest absolute Gasteiger partial charge is 0.381 e. The SMILES string of the molecule is Cc1cc(Br)c(NC(=O)c2ccnc(N)c2F)cc1Cl. The van der Waals surface area contributed by atoms with Crippen LogP contribution in [0.15, 0.2) is 28.9 Å². The summed E-state index contributed by atoms with van der Waals surface area (Å²) < 4.78 is 14.4. The highest BCUT2D eigenvalue weighted by atomic mass is 79.9. The summed E-state index contributed by atoms with van der Waals surface area (Å²) in [5.74, 6) is -1.80. The van der Waals surface area contributed by atoms with E-state index in [1.54, 1.807) is 12.1 Å². The van der Waals surface area contributed by atoms with Crippen LogP contribution in [0.25, 0.3) is 0 Å². The Hall–Kier alpha value is -1.66. The number of halogens is 3. The normalized spacial score (nSPS) is 10.4. The van der Waals surface area contributed by atoms with Crippen LogP contribution in [0, 0.1) is 12.7 Å². The van der Waals surface area contributed by atoms with E-state index in [0.29, 0.717) is 15.2 Å². The number of aryl methyl sites for hydroxylation is 1. The lowest BCUT2D eigenvalue weighted by Gasteiger charge is -2.10. The maximum absolute atomic E-state index is 13.7. The number of aromatic nitrogens is 1. The molecule has 1 amide bonds. The highest BCUT2D eigenvalue weighted by Gasteiger charge is 2.16. The monoisotopic (exact) mass is 357 g/mol. The second-order valence-corrected chi connectivity index (χ2v) is 5.35. The van der Waals surface area contributed by atoms with Gasteiger partial charge in [0.2, 0.25) is 0 Å². The molecule has 0 radical (unpaired) electrons. The first kappa shape index (κ1) is 14.7. The predicted octanol–water partition coefficient (Wildman–Crippen LogP) is 3.78. The van der Waals surface area contributed by atoms with Crippen molar-refractivity contribution >= 4 is 44.9 Å². The van der Waals surface area contributed by atoms with Gasteiger partial charge in [-0.15, -0.1) is 0 Å². The number of nitrogens with two attached hydrogens (primary N) is 1. The van der Waals surface area contributed by atoms with Gasteiger partial charge in [0.15, 0.2) is 11.6 Å². The molecule has 0 aliphatic rings. The summed E-state index contributed by atoms with van der Waals surface area (Å²) in [5, 5.41) is 3.07. The lowest BCUT2D eigenvalue weighted by molar-refractivity contribution is 0.102.